The van der Waals surface area contributed by atoms with Crippen molar-refractivity contribution in [3.8, 4) is 0 Å². The molecule has 0 aromatic carbocycles. The zero-order valence-electron chi connectivity index (χ0n) is 14.7. The van der Waals surface area contributed by atoms with Crippen LogP contribution in [0.5, 0.6) is 0 Å². The Balaban J connectivity index is 1.77. The molecule has 0 unspecified atom stereocenters. The molecule has 1 aromatic rings. The molecule has 2 rings (SSSR count). The van der Waals surface area contributed by atoms with E-state index in [1.807, 2.05) is 37.8 Å². The number of hydrogen-bond donors (Lipinski definition) is 1. The fraction of sp³-hybridized carbons (Fsp3) is 0.611. The summed E-state index contributed by atoms with van der Waals surface area (Å²) in [6, 6.07) is 4.03. The second-order valence-corrected chi connectivity index (χ2v) is 7.14. The molecule has 1 N–H and O–H groups in total. The molecule has 0 aliphatic carbocycles. The standard InChI is InChI=1S/C18H27N3O3/c1-18(2,3)24-17(23)20-11-8-16(22)21-12-4-5-15(13-21)14-6-9-19-10-7-14/h6-7,9-10,15H,4-5,8,11-13H2,1-3H3,(H,20,23)/t15-/m1/s1. The number of aromatic nitrogens is 1. The summed E-state index contributed by atoms with van der Waals surface area (Å²) < 4.78 is 5.16. The molecule has 1 atom stereocenters. The van der Waals surface area contributed by atoms with Gasteiger partial charge in [-0.05, 0) is 51.3 Å². The highest BCUT2D eigenvalue weighted by Gasteiger charge is 2.24. The van der Waals surface area contributed by atoms with E-state index in [1.165, 1.54) is 5.56 Å². The maximum atomic E-state index is 12.4. The fourth-order valence-corrected chi connectivity index (χ4v) is 2.86. The minimum atomic E-state index is -0.529. The molecule has 132 valence electrons. The number of pyridine rings is 1. The van der Waals surface area contributed by atoms with Crippen molar-refractivity contribution in [2.24, 2.45) is 0 Å². The van der Waals surface area contributed by atoms with Crippen LogP contribution in [0.1, 0.15) is 51.5 Å². The smallest absolute Gasteiger partial charge is 0.407 e. The molecule has 24 heavy (non-hydrogen) atoms. The normalized spacial score (nSPS) is 18.1. The summed E-state index contributed by atoms with van der Waals surface area (Å²) in [7, 11) is 0. The van der Waals surface area contributed by atoms with Gasteiger partial charge in [-0.3, -0.25) is 9.78 Å². The van der Waals surface area contributed by atoms with Gasteiger partial charge < -0.3 is 15.0 Å². The number of carbonyl (C=O) groups excluding carboxylic acids is 2. The number of nitrogens with one attached hydrogen (secondary N) is 1. The van der Waals surface area contributed by atoms with Crippen molar-refractivity contribution in [2.45, 2.75) is 51.6 Å². The van der Waals surface area contributed by atoms with Gasteiger partial charge in [0.25, 0.3) is 0 Å². The third-order valence-electron chi connectivity index (χ3n) is 3.96. The second kappa shape index (κ2) is 8.13. The van der Waals surface area contributed by atoms with E-state index in [0.29, 0.717) is 18.9 Å². The number of nitrogens with zero attached hydrogens (tertiary/aromatic N) is 2. The van der Waals surface area contributed by atoms with Crippen molar-refractivity contribution < 1.29 is 14.3 Å². The van der Waals surface area contributed by atoms with Crippen molar-refractivity contribution >= 4 is 12.0 Å². The highest BCUT2D eigenvalue weighted by atomic mass is 16.6. The van der Waals surface area contributed by atoms with Crippen LogP contribution in [-0.2, 0) is 9.53 Å². The Morgan fingerprint density at radius 2 is 2.04 bits per heavy atom. The lowest BCUT2D eigenvalue weighted by Gasteiger charge is -2.33. The van der Waals surface area contributed by atoms with Crippen molar-refractivity contribution in [1.82, 2.24) is 15.2 Å². The Morgan fingerprint density at radius 1 is 1.33 bits per heavy atom. The van der Waals surface area contributed by atoms with Crippen LogP contribution in [0.25, 0.3) is 0 Å². The van der Waals surface area contributed by atoms with Crippen LogP contribution in [0.3, 0.4) is 0 Å². The fourth-order valence-electron chi connectivity index (χ4n) is 2.86. The third kappa shape index (κ3) is 5.83. The van der Waals surface area contributed by atoms with E-state index in [4.69, 9.17) is 4.74 Å². The average molecular weight is 333 g/mol. The van der Waals surface area contributed by atoms with Crippen LogP contribution in [-0.4, -0.2) is 47.1 Å². The predicted octanol–water partition coefficient (Wildman–Crippen LogP) is 2.70. The molecule has 1 aromatic heterocycles. The molecule has 0 spiro atoms. The van der Waals surface area contributed by atoms with Gasteiger partial charge in [0.1, 0.15) is 5.60 Å². The first kappa shape index (κ1) is 18.2. The van der Waals surface area contributed by atoms with Gasteiger partial charge in [-0.2, -0.15) is 0 Å². The predicted molar refractivity (Wildman–Crippen MR) is 91.6 cm³/mol. The van der Waals surface area contributed by atoms with E-state index < -0.39 is 11.7 Å². The van der Waals surface area contributed by atoms with Gasteiger partial charge in [0.15, 0.2) is 0 Å². The summed E-state index contributed by atoms with van der Waals surface area (Å²) in [5, 5.41) is 2.64. The quantitative estimate of drug-likeness (QED) is 0.919. The minimum absolute atomic E-state index is 0.0739. The molecular weight excluding hydrogens is 306 g/mol. The van der Waals surface area contributed by atoms with Crippen LogP contribution in [0.4, 0.5) is 4.79 Å². The van der Waals surface area contributed by atoms with E-state index in [-0.39, 0.29) is 5.91 Å². The zero-order chi connectivity index (χ0) is 17.6. The topological polar surface area (TPSA) is 71.5 Å². The van der Waals surface area contributed by atoms with Crippen LogP contribution < -0.4 is 5.32 Å². The SMILES string of the molecule is CC(C)(C)OC(=O)NCCC(=O)N1CCC[C@@H](c2ccncc2)C1. The molecule has 6 nitrogen and oxygen atoms in total. The van der Waals surface area contributed by atoms with E-state index >= 15 is 0 Å². The summed E-state index contributed by atoms with van der Waals surface area (Å²) in [6.45, 7) is 7.24. The number of hydrogen-bond acceptors (Lipinski definition) is 4. The van der Waals surface area contributed by atoms with Crippen molar-refractivity contribution in [1.29, 1.82) is 0 Å². The number of carbonyl (C=O) groups is 2. The second-order valence-electron chi connectivity index (χ2n) is 7.14. The van der Waals surface area contributed by atoms with Gasteiger partial charge in [0, 0.05) is 44.4 Å². The summed E-state index contributed by atoms with van der Waals surface area (Å²) in [5.74, 6) is 0.439. The van der Waals surface area contributed by atoms with Crippen LogP contribution >= 0.6 is 0 Å². The summed E-state index contributed by atoms with van der Waals surface area (Å²) >= 11 is 0. The van der Waals surface area contributed by atoms with Gasteiger partial charge in [-0.15, -0.1) is 0 Å². The first-order valence-electron chi connectivity index (χ1n) is 8.50. The number of piperidine rings is 1. The Labute approximate surface area is 143 Å². The first-order chi connectivity index (χ1) is 11.3. The van der Waals surface area contributed by atoms with E-state index in [2.05, 4.69) is 10.3 Å². The molecule has 2 amide bonds. The van der Waals surface area contributed by atoms with Gasteiger partial charge in [0.2, 0.25) is 5.91 Å². The summed E-state index contributed by atoms with van der Waals surface area (Å²) in [6.07, 6.45) is 5.48. The van der Waals surface area contributed by atoms with Crippen molar-refractivity contribution in [3.63, 3.8) is 0 Å². The highest BCUT2D eigenvalue weighted by Crippen LogP contribution is 2.26. The Bertz CT molecular complexity index is 554. The van der Waals surface area contributed by atoms with Crippen molar-refractivity contribution in [3.05, 3.63) is 30.1 Å². The molecule has 1 aliphatic rings. The van der Waals surface area contributed by atoms with Crippen LogP contribution in [0.2, 0.25) is 0 Å². The Hall–Kier alpha value is -2.11. The van der Waals surface area contributed by atoms with Gasteiger partial charge in [-0.1, -0.05) is 0 Å². The van der Waals surface area contributed by atoms with Gasteiger partial charge in [0.05, 0.1) is 0 Å². The van der Waals surface area contributed by atoms with Crippen LogP contribution in [0.15, 0.2) is 24.5 Å². The minimum Gasteiger partial charge on any atom is -0.444 e. The van der Waals surface area contributed by atoms with Crippen LogP contribution in [0, 0.1) is 0 Å². The maximum Gasteiger partial charge on any atom is 0.407 e. The van der Waals surface area contributed by atoms with Gasteiger partial charge in [-0.25, -0.2) is 4.79 Å². The van der Waals surface area contributed by atoms with E-state index in [1.54, 1.807) is 12.4 Å². The number of likely N-dealkylation sites (tertiary alicyclic amines) is 1. The molecule has 0 bridgehead atoms. The van der Waals surface area contributed by atoms with Crippen molar-refractivity contribution in [2.75, 3.05) is 19.6 Å². The van der Waals surface area contributed by atoms with E-state index in [9.17, 15) is 9.59 Å². The molecule has 2 heterocycles. The maximum absolute atomic E-state index is 12.4. The summed E-state index contributed by atoms with van der Waals surface area (Å²) in [4.78, 5) is 29.9. The first-order valence-corrected chi connectivity index (χ1v) is 8.50. The molecular formula is C18H27N3O3. The Morgan fingerprint density at radius 3 is 2.71 bits per heavy atom. The zero-order valence-corrected chi connectivity index (χ0v) is 14.7. The highest BCUT2D eigenvalue weighted by molar-refractivity contribution is 5.77. The van der Waals surface area contributed by atoms with E-state index in [0.717, 1.165) is 25.9 Å². The molecule has 6 heteroatoms. The molecule has 1 saturated heterocycles. The lowest BCUT2D eigenvalue weighted by molar-refractivity contribution is -0.132. The largest absolute Gasteiger partial charge is 0.444 e. The average Bonchev–Trinajstić information content (AvgIpc) is 2.54. The lowest BCUT2D eigenvalue weighted by atomic mass is 9.91. The molecule has 1 aliphatic heterocycles. The number of alkyl carbamates (subject to hydrolysis) is 1. The Kier molecular flexibility index (Phi) is 6.17. The number of ether oxygens (including phenoxy) is 1. The molecule has 0 saturated carbocycles. The molecule has 1 fully saturated rings. The number of rotatable bonds is 4. The number of amides is 2. The lowest BCUT2D eigenvalue weighted by Crippen LogP contribution is -2.41. The third-order valence-corrected chi connectivity index (χ3v) is 3.96. The molecule has 0 radical (unpaired) electrons. The van der Waals surface area contributed by atoms with Gasteiger partial charge >= 0.3 is 6.09 Å². The summed E-state index contributed by atoms with van der Waals surface area (Å²) in [5.41, 5.74) is 0.702. The monoisotopic (exact) mass is 333 g/mol.